The van der Waals surface area contributed by atoms with Gasteiger partial charge in [-0.3, -0.25) is 4.79 Å². The number of nitrogens with zero attached hydrogens (tertiary/aromatic N) is 1. The van der Waals surface area contributed by atoms with E-state index in [1.54, 1.807) is 30.3 Å². The molecule has 1 heterocycles. The van der Waals surface area contributed by atoms with E-state index in [4.69, 9.17) is 23.2 Å². The van der Waals surface area contributed by atoms with Crippen LogP contribution in [0.2, 0.25) is 10.0 Å². The normalized spacial score (nSPS) is 10.2. The molecular weight excluding hydrogens is 271 g/mol. The molecule has 5 heteroatoms. The molecule has 0 spiro atoms. The minimum Gasteiger partial charge on any atom is -0.307 e. The first-order valence-electron chi connectivity index (χ1n) is 5.25. The number of hydrogen-bond acceptors (Lipinski definition) is 2. The Morgan fingerprint density at radius 2 is 1.89 bits per heavy atom. The number of nitrogens with one attached hydrogen (secondary N) is 1. The molecule has 1 aromatic heterocycles. The molecule has 1 aromatic carbocycles. The third-order valence-corrected chi connectivity index (χ3v) is 2.87. The minimum absolute atomic E-state index is 0.237. The Bertz CT molecular complexity index is 599. The SMILES string of the molecule is Cc1cc(Cl)ccc1C(=O)Nc1cc(Cl)ccn1. The van der Waals surface area contributed by atoms with Crippen molar-refractivity contribution in [2.45, 2.75) is 6.92 Å². The van der Waals surface area contributed by atoms with E-state index in [0.29, 0.717) is 21.4 Å². The molecule has 2 aromatic rings. The second-order valence-corrected chi connectivity index (χ2v) is 4.65. The summed E-state index contributed by atoms with van der Waals surface area (Å²) < 4.78 is 0. The summed E-state index contributed by atoms with van der Waals surface area (Å²) in [5, 5.41) is 3.80. The second-order valence-electron chi connectivity index (χ2n) is 3.77. The molecule has 0 fully saturated rings. The number of amides is 1. The van der Waals surface area contributed by atoms with Gasteiger partial charge in [0, 0.05) is 21.8 Å². The molecule has 0 unspecified atom stereocenters. The molecule has 0 bridgehead atoms. The maximum absolute atomic E-state index is 12.0. The van der Waals surface area contributed by atoms with Gasteiger partial charge in [0.15, 0.2) is 0 Å². The largest absolute Gasteiger partial charge is 0.307 e. The van der Waals surface area contributed by atoms with E-state index in [1.807, 2.05) is 6.92 Å². The lowest BCUT2D eigenvalue weighted by Crippen LogP contribution is -2.14. The lowest BCUT2D eigenvalue weighted by atomic mass is 10.1. The molecule has 0 saturated heterocycles. The number of aryl methyl sites for hydroxylation is 1. The number of benzene rings is 1. The van der Waals surface area contributed by atoms with Crippen molar-refractivity contribution in [1.29, 1.82) is 0 Å². The van der Waals surface area contributed by atoms with E-state index in [1.165, 1.54) is 6.20 Å². The molecule has 1 N–H and O–H groups in total. The van der Waals surface area contributed by atoms with E-state index in [0.717, 1.165) is 5.56 Å². The van der Waals surface area contributed by atoms with Gasteiger partial charge >= 0.3 is 0 Å². The van der Waals surface area contributed by atoms with Crippen LogP contribution in [-0.2, 0) is 0 Å². The van der Waals surface area contributed by atoms with E-state index in [-0.39, 0.29) is 5.91 Å². The average Bonchev–Trinajstić information content (AvgIpc) is 2.28. The van der Waals surface area contributed by atoms with E-state index in [2.05, 4.69) is 10.3 Å². The lowest BCUT2D eigenvalue weighted by molar-refractivity contribution is 0.102. The highest BCUT2D eigenvalue weighted by atomic mass is 35.5. The zero-order valence-corrected chi connectivity index (χ0v) is 11.1. The van der Waals surface area contributed by atoms with Crippen LogP contribution in [0.15, 0.2) is 36.5 Å². The zero-order chi connectivity index (χ0) is 13.1. The number of carbonyl (C=O) groups is 1. The Morgan fingerprint density at radius 1 is 1.17 bits per heavy atom. The van der Waals surface area contributed by atoms with Gasteiger partial charge in [-0.25, -0.2) is 4.98 Å². The topological polar surface area (TPSA) is 42.0 Å². The van der Waals surface area contributed by atoms with Gasteiger partial charge in [-0.1, -0.05) is 23.2 Å². The molecular formula is C13H10Cl2N2O. The first-order chi connectivity index (χ1) is 8.56. The number of pyridine rings is 1. The van der Waals surface area contributed by atoms with Crippen LogP contribution in [-0.4, -0.2) is 10.9 Å². The Labute approximate surface area is 115 Å². The van der Waals surface area contributed by atoms with Gasteiger partial charge < -0.3 is 5.32 Å². The molecule has 92 valence electrons. The predicted molar refractivity (Wildman–Crippen MR) is 73.4 cm³/mol. The molecule has 0 aliphatic rings. The van der Waals surface area contributed by atoms with E-state index >= 15 is 0 Å². The molecule has 0 saturated carbocycles. The third-order valence-electron chi connectivity index (χ3n) is 2.40. The van der Waals surface area contributed by atoms with Gasteiger partial charge in [0.25, 0.3) is 5.91 Å². The van der Waals surface area contributed by atoms with Gasteiger partial charge in [0.2, 0.25) is 0 Å². The summed E-state index contributed by atoms with van der Waals surface area (Å²) in [5.74, 6) is 0.181. The van der Waals surface area contributed by atoms with E-state index < -0.39 is 0 Å². The summed E-state index contributed by atoms with van der Waals surface area (Å²) in [6, 6.07) is 8.32. The molecule has 0 aliphatic carbocycles. The van der Waals surface area contributed by atoms with Crippen molar-refractivity contribution >= 4 is 34.9 Å². The van der Waals surface area contributed by atoms with Crippen LogP contribution in [0.4, 0.5) is 5.82 Å². The number of anilines is 1. The maximum atomic E-state index is 12.0. The summed E-state index contributed by atoms with van der Waals surface area (Å²) in [6.07, 6.45) is 1.53. The van der Waals surface area contributed by atoms with Gasteiger partial charge in [0.05, 0.1) is 0 Å². The minimum atomic E-state index is -0.237. The Kier molecular flexibility index (Phi) is 3.84. The van der Waals surface area contributed by atoms with Crippen molar-refractivity contribution in [2.75, 3.05) is 5.32 Å². The highest BCUT2D eigenvalue weighted by Crippen LogP contribution is 2.17. The van der Waals surface area contributed by atoms with Gasteiger partial charge in [-0.2, -0.15) is 0 Å². The maximum Gasteiger partial charge on any atom is 0.257 e. The molecule has 2 rings (SSSR count). The van der Waals surface area contributed by atoms with Crippen molar-refractivity contribution < 1.29 is 4.79 Å². The lowest BCUT2D eigenvalue weighted by Gasteiger charge is -2.07. The fraction of sp³-hybridized carbons (Fsp3) is 0.0769. The van der Waals surface area contributed by atoms with Gasteiger partial charge in [0.1, 0.15) is 5.82 Å². The predicted octanol–water partition coefficient (Wildman–Crippen LogP) is 3.95. The van der Waals surface area contributed by atoms with Crippen LogP contribution >= 0.6 is 23.2 Å². The summed E-state index contributed by atoms with van der Waals surface area (Å²) in [7, 11) is 0. The molecule has 1 amide bonds. The number of aromatic nitrogens is 1. The van der Waals surface area contributed by atoms with Crippen molar-refractivity contribution in [3.63, 3.8) is 0 Å². The highest BCUT2D eigenvalue weighted by Gasteiger charge is 2.10. The van der Waals surface area contributed by atoms with Crippen LogP contribution in [0, 0.1) is 6.92 Å². The van der Waals surface area contributed by atoms with Crippen molar-refractivity contribution in [3.05, 3.63) is 57.7 Å². The summed E-state index contributed by atoms with van der Waals surface area (Å²) >= 11 is 11.7. The number of carbonyl (C=O) groups excluding carboxylic acids is 1. The zero-order valence-electron chi connectivity index (χ0n) is 9.58. The fourth-order valence-electron chi connectivity index (χ4n) is 1.54. The third kappa shape index (κ3) is 3.00. The molecule has 0 aliphatic heterocycles. The first-order valence-corrected chi connectivity index (χ1v) is 6.01. The molecule has 0 radical (unpaired) electrons. The Hall–Kier alpha value is -1.58. The van der Waals surface area contributed by atoms with Crippen LogP contribution in [0.3, 0.4) is 0 Å². The monoisotopic (exact) mass is 280 g/mol. The molecule has 18 heavy (non-hydrogen) atoms. The summed E-state index contributed by atoms with van der Waals surface area (Å²) in [6.45, 7) is 1.83. The average molecular weight is 281 g/mol. The van der Waals surface area contributed by atoms with Crippen molar-refractivity contribution in [1.82, 2.24) is 4.98 Å². The van der Waals surface area contributed by atoms with Crippen molar-refractivity contribution in [2.24, 2.45) is 0 Å². The summed E-state index contributed by atoms with van der Waals surface area (Å²) in [4.78, 5) is 16.0. The van der Waals surface area contributed by atoms with Gasteiger partial charge in [-0.15, -0.1) is 0 Å². The van der Waals surface area contributed by atoms with Crippen LogP contribution in [0.25, 0.3) is 0 Å². The second kappa shape index (κ2) is 5.38. The first kappa shape index (κ1) is 12.9. The standard InChI is InChI=1S/C13H10Cl2N2O/c1-8-6-9(14)2-3-11(8)13(18)17-12-7-10(15)4-5-16-12/h2-7H,1H3,(H,16,17,18). The van der Waals surface area contributed by atoms with Crippen LogP contribution in [0.5, 0.6) is 0 Å². The Morgan fingerprint density at radius 3 is 2.56 bits per heavy atom. The van der Waals surface area contributed by atoms with E-state index in [9.17, 15) is 4.79 Å². The Balaban J connectivity index is 2.22. The van der Waals surface area contributed by atoms with Crippen molar-refractivity contribution in [3.8, 4) is 0 Å². The molecule has 3 nitrogen and oxygen atoms in total. The summed E-state index contributed by atoms with van der Waals surface area (Å²) in [5.41, 5.74) is 1.36. The molecule has 0 atom stereocenters. The fourth-order valence-corrected chi connectivity index (χ4v) is 1.92. The number of rotatable bonds is 2. The highest BCUT2D eigenvalue weighted by molar-refractivity contribution is 6.31. The number of hydrogen-bond donors (Lipinski definition) is 1. The quantitative estimate of drug-likeness (QED) is 0.905. The van der Waals surface area contributed by atoms with Crippen LogP contribution in [0.1, 0.15) is 15.9 Å². The van der Waals surface area contributed by atoms with Crippen LogP contribution < -0.4 is 5.32 Å². The van der Waals surface area contributed by atoms with Gasteiger partial charge in [-0.05, 0) is 42.8 Å². The smallest absolute Gasteiger partial charge is 0.257 e. The number of halogens is 2.